The molecule has 0 saturated heterocycles. The molecule has 0 heterocycles. The highest BCUT2D eigenvalue weighted by Gasteiger charge is 2.10. The molecule has 3 N–H and O–H groups in total. The lowest BCUT2D eigenvalue weighted by molar-refractivity contribution is 0.259. The van der Waals surface area contributed by atoms with Gasteiger partial charge < -0.3 is 15.6 Å². The molecule has 0 radical (unpaired) electrons. The number of halogens is 2. The van der Waals surface area contributed by atoms with Crippen molar-refractivity contribution in [3.63, 3.8) is 0 Å². The average Bonchev–Trinajstić information content (AvgIpc) is 2.39. The molecular formula is C14H13Cl2NO2. The van der Waals surface area contributed by atoms with Crippen molar-refractivity contribution in [1.29, 1.82) is 0 Å². The zero-order chi connectivity index (χ0) is 13.8. The first-order valence-corrected chi connectivity index (χ1v) is 6.41. The van der Waals surface area contributed by atoms with Crippen LogP contribution in [-0.2, 0) is 13.2 Å². The number of anilines is 1. The second kappa shape index (κ2) is 6.15. The first-order valence-electron chi connectivity index (χ1n) is 5.66. The molecule has 2 rings (SSSR count). The SMILES string of the molecule is Nc1ccc(COc2c(Cl)cc(Cl)cc2CO)cc1. The van der Waals surface area contributed by atoms with E-state index in [1.807, 2.05) is 12.1 Å². The van der Waals surface area contributed by atoms with Crippen molar-refractivity contribution in [3.8, 4) is 5.75 Å². The Bertz CT molecular complexity index is 570. The summed E-state index contributed by atoms with van der Waals surface area (Å²) in [6.45, 7) is 0.159. The lowest BCUT2D eigenvalue weighted by atomic mass is 10.2. The van der Waals surface area contributed by atoms with Gasteiger partial charge in [0.25, 0.3) is 0 Å². The summed E-state index contributed by atoms with van der Waals surface area (Å²) in [6, 6.07) is 10.6. The van der Waals surface area contributed by atoms with Crippen LogP contribution in [0.4, 0.5) is 5.69 Å². The van der Waals surface area contributed by atoms with Crippen molar-refractivity contribution in [2.75, 3.05) is 5.73 Å². The van der Waals surface area contributed by atoms with Crippen LogP contribution < -0.4 is 10.5 Å². The molecule has 0 bridgehead atoms. The van der Waals surface area contributed by atoms with Crippen molar-refractivity contribution in [2.45, 2.75) is 13.2 Å². The van der Waals surface area contributed by atoms with Gasteiger partial charge in [0, 0.05) is 16.3 Å². The highest BCUT2D eigenvalue weighted by Crippen LogP contribution is 2.33. The third-order valence-corrected chi connectivity index (χ3v) is 3.12. The van der Waals surface area contributed by atoms with E-state index < -0.39 is 0 Å². The molecule has 19 heavy (non-hydrogen) atoms. The molecule has 2 aromatic carbocycles. The quantitative estimate of drug-likeness (QED) is 0.847. The van der Waals surface area contributed by atoms with Crippen molar-refractivity contribution in [3.05, 3.63) is 57.6 Å². The maximum Gasteiger partial charge on any atom is 0.144 e. The third kappa shape index (κ3) is 3.53. The van der Waals surface area contributed by atoms with Gasteiger partial charge in [-0.2, -0.15) is 0 Å². The van der Waals surface area contributed by atoms with Crippen LogP contribution in [0.5, 0.6) is 5.75 Å². The largest absolute Gasteiger partial charge is 0.487 e. The van der Waals surface area contributed by atoms with E-state index in [2.05, 4.69) is 0 Å². The van der Waals surface area contributed by atoms with Crippen molar-refractivity contribution >= 4 is 28.9 Å². The molecule has 0 amide bonds. The highest BCUT2D eigenvalue weighted by molar-refractivity contribution is 6.35. The van der Waals surface area contributed by atoms with E-state index in [-0.39, 0.29) is 6.61 Å². The summed E-state index contributed by atoms with van der Waals surface area (Å²) in [6.07, 6.45) is 0. The van der Waals surface area contributed by atoms with Crippen LogP contribution in [-0.4, -0.2) is 5.11 Å². The first-order chi connectivity index (χ1) is 9.10. The van der Waals surface area contributed by atoms with Gasteiger partial charge in [0.05, 0.1) is 11.6 Å². The average molecular weight is 298 g/mol. The van der Waals surface area contributed by atoms with Crippen LogP contribution >= 0.6 is 23.2 Å². The van der Waals surface area contributed by atoms with Gasteiger partial charge in [0.15, 0.2) is 0 Å². The number of ether oxygens (including phenoxy) is 1. The van der Waals surface area contributed by atoms with Gasteiger partial charge in [-0.15, -0.1) is 0 Å². The fourth-order valence-electron chi connectivity index (χ4n) is 1.66. The zero-order valence-electron chi connectivity index (χ0n) is 10.1. The Kier molecular flexibility index (Phi) is 4.53. The lowest BCUT2D eigenvalue weighted by Gasteiger charge is -2.12. The van der Waals surface area contributed by atoms with Crippen molar-refractivity contribution in [1.82, 2.24) is 0 Å². The molecule has 3 nitrogen and oxygen atoms in total. The van der Waals surface area contributed by atoms with E-state index in [1.54, 1.807) is 24.3 Å². The normalized spacial score (nSPS) is 10.5. The van der Waals surface area contributed by atoms with Crippen molar-refractivity contribution < 1.29 is 9.84 Å². The van der Waals surface area contributed by atoms with Crippen LogP contribution in [0, 0.1) is 0 Å². The highest BCUT2D eigenvalue weighted by atomic mass is 35.5. The van der Waals surface area contributed by atoms with Crippen molar-refractivity contribution in [2.24, 2.45) is 0 Å². The second-order valence-electron chi connectivity index (χ2n) is 4.06. The van der Waals surface area contributed by atoms with Gasteiger partial charge in [0.1, 0.15) is 12.4 Å². The van der Waals surface area contributed by atoms with Crippen LogP contribution in [0.2, 0.25) is 10.0 Å². The minimum Gasteiger partial charge on any atom is -0.487 e. The maximum atomic E-state index is 9.29. The number of aliphatic hydroxyl groups excluding tert-OH is 1. The fraction of sp³-hybridized carbons (Fsp3) is 0.143. The summed E-state index contributed by atoms with van der Waals surface area (Å²) in [5.74, 6) is 0.449. The van der Waals surface area contributed by atoms with Crippen LogP contribution in [0.1, 0.15) is 11.1 Å². The van der Waals surface area contributed by atoms with Gasteiger partial charge in [-0.05, 0) is 29.8 Å². The summed E-state index contributed by atoms with van der Waals surface area (Å²) in [5.41, 5.74) is 7.83. The number of nitrogens with two attached hydrogens (primary N) is 1. The van der Waals surface area contributed by atoms with E-state index >= 15 is 0 Å². The number of nitrogen functional groups attached to an aromatic ring is 1. The Hall–Kier alpha value is -1.42. The molecule has 0 fully saturated rings. The smallest absolute Gasteiger partial charge is 0.144 e. The number of hydrogen-bond donors (Lipinski definition) is 2. The predicted molar refractivity (Wildman–Crippen MR) is 77.6 cm³/mol. The molecule has 0 spiro atoms. The van der Waals surface area contributed by atoms with E-state index in [4.69, 9.17) is 33.7 Å². The van der Waals surface area contributed by atoms with E-state index in [0.29, 0.717) is 33.7 Å². The van der Waals surface area contributed by atoms with Gasteiger partial charge in [0.2, 0.25) is 0 Å². The number of rotatable bonds is 4. The van der Waals surface area contributed by atoms with Gasteiger partial charge in [-0.1, -0.05) is 35.3 Å². The summed E-state index contributed by atoms with van der Waals surface area (Å²) < 4.78 is 5.65. The Morgan fingerprint density at radius 1 is 1.11 bits per heavy atom. The molecule has 0 aliphatic heterocycles. The molecular weight excluding hydrogens is 285 g/mol. The summed E-state index contributed by atoms with van der Waals surface area (Å²) >= 11 is 11.9. The summed E-state index contributed by atoms with van der Waals surface area (Å²) in [5, 5.41) is 10.1. The van der Waals surface area contributed by atoms with Crippen LogP contribution in [0.25, 0.3) is 0 Å². The Labute approximate surface area is 121 Å². The molecule has 0 aromatic heterocycles. The van der Waals surface area contributed by atoms with Gasteiger partial charge in [-0.3, -0.25) is 0 Å². The van der Waals surface area contributed by atoms with Crippen LogP contribution in [0.3, 0.4) is 0 Å². The molecule has 0 unspecified atom stereocenters. The van der Waals surface area contributed by atoms with Crippen LogP contribution in [0.15, 0.2) is 36.4 Å². The standard InChI is InChI=1S/C14H13Cl2NO2/c15-11-5-10(7-18)14(13(16)6-11)19-8-9-1-3-12(17)4-2-9/h1-6,18H,7-8,17H2. The molecule has 0 atom stereocenters. The summed E-state index contributed by atoms with van der Waals surface area (Å²) in [4.78, 5) is 0. The molecule has 2 aromatic rings. The van der Waals surface area contributed by atoms with E-state index in [9.17, 15) is 5.11 Å². The van der Waals surface area contributed by atoms with E-state index in [1.165, 1.54) is 0 Å². The number of benzene rings is 2. The Morgan fingerprint density at radius 3 is 2.42 bits per heavy atom. The Morgan fingerprint density at radius 2 is 1.79 bits per heavy atom. The molecule has 0 aliphatic rings. The third-order valence-electron chi connectivity index (χ3n) is 2.62. The Balaban J connectivity index is 2.17. The molecule has 0 saturated carbocycles. The first kappa shape index (κ1) is 14.0. The van der Waals surface area contributed by atoms with E-state index in [0.717, 1.165) is 5.56 Å². The number of hydrogen-bond acceptors (Lipinski definition) is 3. The molecule has 100 valence electrons. The fourth-order valence-corrected chi connectivity index (χ4v) is 2.25. The maximum absolute atomic E-state index is 9.29. The summed E-state index contributed by atoms with van der Waals surface area (Å²) in [7, 11) is 0. The van der Waals surface area contributed by atoms with Gasteiger partial charge >= 0.3 is 0 Å². The minimum atomic E-state index is -0.183. The lowest BCUT2D eigenvalue weighted by Crippen LogP contribution is -2.00. The number of aliphatic hydroxyl groups is 1. The second-order valence-corrected chi connectivity index (χ2v) is 4.91. The molecule has 5 heteroatoms. The topological polar surface area (TPSA) is 55.5 Å². The molecule has 0 aliphatic carbocycles. The van der Waals surface area contributed by atoms with Gasteiger partial charge in [-0.25, -0.2) is 0 Å². The monoisotopic (exact) mass is 297 g/mol. The predicted octanol–water partition coefficient (Wildman–Crippen LogP) is 3.65. The minimum absolute atomic E-state index is 0.183. The zero-order valence-corrected chi connectivity index (χ0v) is 11.6.